The quantitative estimate of drug-likeness (QED) is 0.835. The molecule has 0 saturated heterocycles. The number of carbonyl (C=O) groups is 1. The van der Waals surface area contributed by atoms with Gasteiger partial charge < -0.3 is 9.84 Å². The molecule has 0 bridgehead atoms. The third-order valence-corrected chi connectivity index (χ3v) is 3.27. The van der Waals surface area contributed by atoms with Crippen molar-refractivity contribution in [3.8, 4) is 5.75 Å². The lowest BCUT2D eigenvalue weighted by Crippen LogP contribution is -2.25. The van der Waals surface area contributed by atoms with E-state index >= 15 is 0 Å². The number of hydrogen-bond acceptors (Lipinski definition) is 4. The summed E-state index contributed by atoms with van der Waals surface area (Å²) in [6.07, 6.45) is 0.358. The van der Waals surface area contributed by atoms with Gasteiger partial charge in [0.2, 0.25) is 5.94 Å². The summed E-state index contributed by atoms with van der Waals surface area (Å²) in [5.41, 5.74) is 1.11. The molecule has 17 heavy (non-hydrogen) atoms. The first-order valence-electron chi connectivity index (χ1n) is 4.94. The van der Waals surface area contributed by atoms with Crippen LogP contribution in [-0.2, 0) is 21.2 Å². The third-order valence-electron chi connectivity index (χ3n) is 2.31. The maximum Gasteiger partial charge on any atom is 0.303 e. The molecular weight excluding hydrogens is 246 g/mol. The van der Waals surface area contributed by atoms with Crippen molar-refractivity contribution in [2.45, 2.75) is 12.8 Å². The van der Waals surface area contributed by atoms with Crippen molar-refractivity contribution < 1.29 is 23.1 Å². The van der Waals surface area contributed by atoms with Gasteiger partial charge in [0, 0.05) is 6.42 Å². The molecule has 1 heterocycles. The molecule has 1 aromatic rings. The van der Waals surface area contributed by atoms with Gasteiger partial charge in [-0.15, -0.1) is 0 Å². The zero-order valence-corrected chi connectivity index (χ0v) is 9.66. The molecule has 0 radical (unpaired) electrons. The standard InChI is InChI=1S/C10H11NO5S/c12-10(13)4-2-7-1-3-9-8(5-7)11-17(14,15)6-16-9/h1,3,5,11H,2,4,6H2,(H,12,13). The predicted molar refractivity (Wildman–Crippen MR) is 60.4 cm³/mol. The fraction of sp³-hybridized carbons (Fsp3) is 0.300. The number of rotatable bonds is 3. The van der Waals surface area contributed by atoms with Crippen molar-refractivity contribution >= 4 is 21.7 Å². The van der Waals surface area contributed by atoms with E-state index in [1.54, 1.807) is 18.2 Å². The third kappa shape index (κ3) is 2.88. The molecule has 2 rings (SSSR count). The molecule has 0 aromatic heterocycles. The van der Waals surface area contributed by atoms with Gasteiger partial charge in [0.05, 0.1) is 5.69 Å². The number of hydrogen-bond donors (Lipinski definition) is 2. The van der Waals surface area contributed by atoms with Crippen molar-refractivity contribution in [1.82, 2.24) is 0 Å². The number of sulfonamides is 1. The van der Waals surface area contributed by atoms with Crippen molar-refractivity contribution in [2.24, 2.45) is 0 Å². The average molecular weight is 257 g/mol. The number of nitrogens with one attached hydrogen (secondary N) is 1. The first-order chi connectivity index (χ1) is 7.96. The summed E-state index contributed by atoms with van der Waals surface area (Å²) in [5.74, 6) is -0.826. The normalized spacial score (nSPS) is 16.5. The highest BCUT2D eigenvalue weighted by atomic mass is 32.2. The van der Waals surface area contributed by atoms with Crippen molar-refractivity contribution in [2.75, 3.05) is 10.7 Å². The zero-order chi connectivity index (χ0) is 12.5. The van der Waals surface area contributed by atoms with E-state index in [1.807, 2.05) is 0 Å². The summed E-state index contributed by atoms with van der Waals surface area (Å²) in [4.78, 5) is 10.4. The van der Waals surface area contributed by atoms with E-state index in [1.165, 1.54) is 0 Å². The van der Waals surface area contributed by atoms with Gasteiger partial charge >= 0.3 is 5.97 Å². The van der Waals surface area contributed by atoms with Gasteiger partial charge in [-0.05, 0) is 24.1 Å². The number of benzene rings is 1. The Labute approximate surface area is 98.3 Å². The summed E-state index contributed by atoms with van der Waals surface area (Å²) >= 11 is 0. The van der Waals surface area contributed by atoms with E-state index in [2.05, 4.69) is 4.72 Å². The van der Waals surface area contributed by atoms with Crippen LogP contribution in [0.25, 0.3) is 0 Å². The average Bonchev–Trinajstić information content (AvgIpc) is 2.24. The van der Waals surface area contributed by atoms with Gasteiger partial charge in [0.1, 0.15) is 5.75 Å². The first-order valence-corrected chi connectivity index (χ1v) is 6.59. The molecule has 0 unspecified atom stereocenters. The summed E-state index contributed by atoms with van der Waals surface area (Å²) in [5, 5.41) is 8.56. The molecule has 0 saturated carbocycles. The monoisotopic (exact) mass is 257 g/mol. The Kier molecular flexibility index (Phi) is 2.93. The maximum absolute atomic E-state index is 11.3. The molecule has 0 atom stereocenters. The zero-order valence-electron chi connectivity index (χ0n) is 8.84. The number of carboxylic acids is 1. The lowest BCUT2D eigenvalue weighted by atomic mass is 10.1. The molecule has 0 spiro atoms. The van der Waals surface area contributed by atoms with Crippen LogP contribution in [-0.4, -0.2) is 25.4 Å². The van der Waals surface area contributed by atoms with Gasteiger partial charge in [0.25, 0.3) is 10.0 Å². The number of fused-ring (bicyclic) bond motifs is 1. The van der Waals surface area contributed by atoms with Crippen LogP contribution in [0.5, 0.6) is 5.75 Å². The number of carboxylic acid groups (broad SMARTS) is 1. The predicted octanol–water partition coefficient (Wildman–Crippen LogP) is 0.795. The molecule has 0 amide bonds. The summed E-state index contributed by atoms with van der Waals surface area (Å²) in [6, 6.07) is 4.95. The van der Waals surface area contributed by atoms with Crippen LogP contribution in [0, 0.1) is 0 Å². The van der Waals surface area contributed by atoms with E-state index in [0.29, 0.717) is 17.9 Å². The first kappa shape index (κ1) is 11.7. The Bertz CT molecular complexity index is 552. The van der Waals surface area contributed by atoms with Crippen LogP contribution in [0.4, 0.5) is 5.69 Å². The number of aliphatic carboxylic acids is 1. The smallest absolute Gasteiger partial charge is 0.303 e. The number of anilines is 1. The van der Waals surface area contributed by atoms with Crippen LogP contribution >= 0.6 is 0 Å². The van der Waals surface area contributed by atoms with Crippen LogP contribution in [0.3, 0.4) is 0 Å². The topological polar surface area (TPSA) is 92.7 Å². The van der Waals surface area contributed by atoms with Crippen LogP contribution in [0.1, 0.15) is 12.0 Å². The molecule has 92 valence electrons. The number of aryl methyl sites for hydroxylation is 1. The second-order valence-electron chi connectivity index (χ2n) is 3.70. The van der Waals surface area contributed by atoms with Crippen LogP contribution in [0.2, 0.25) is 0 Å². The minimum atomic E-state index is -3.43. The lowest BCUT2D eigenvalue weighted by Gasteiger charge is -2.19. The minimum Gasteiger partial charge on any atom is -0.481 e. The maximum atomic E-state index is 11.3. The number of ether oxygens (including phenoxy) is 1. The van der Waals surface area contributed by atoms with Crippen LogP contribution < -0.4 is 9.46 Å². The Morgan fingerprint density at radius 2 is 2.24 bits per heavy atom. The Morgan fingerprint density at radius 3 is 2.94 bits per heavy atom. The Hall–Kier alpha value is -1.76. The second kappa shape index (κ2) is 4.25. The fourth-order valence-electron chi connectivity index (χ4n) is 1.53. The summed E-state index contributed by atoms with van der Waals surface area (Å²) in [6.45, 7) is 0. The molecule has 7 heteroatoms. The van der Waals surface area contributed by atoms with Crippen LogP contribution in [0.15, 0.2) is 18.2 Å². The second-order valence-corrected chi connectivity index (χ2v) is 5.37. The molecule has 1 aromatic carbocycles. The fourth-order valence-corrected chi connectivity index (χ4v) is 2.36. The van der Waals surface area contributed by atoms with Crippen molar-refractivity contribution in [1.29, 1.82) is 0 Å². The lowest BCUT2D eigenvalue weighted by molar-refractivity contribution is -0.136. The SMILES string of the molecule is O=C(O)CCc1ccc2c(c1)NS(=O)(=O)CO2. The van der Waals surface area contributed by atoms with Gasteiger partial charge in [-0.1, -0.05) is 6.07 Å². The minimum absolute atomic E-state index is 0.00634. The van der Waals surface area contributed by atoms with Gasteiger partial charge in [-0.2, -0.15) is 0 Å². The van der Waals surface area contributed by atoms with Gasteiger partial charge in [-0.3, -0.25) is 9.52 Å². The molecule has 2 N–H and O–H groups in total. The van der Waals surface area contributed by atoms with Crippen molar-refractivity contribution in [3.05, 3.63) is 23.8 Å². The molecule has 0 fully saturated rings. The van der Waals surface area contributed by atoms with Gasteiger partial charge in [0.15, 0.2) is 0 Å². The molecule has 6 nitrogen and oxygen atoms in total. The molecular formula is C10H11NO5S. The van der Waals surface area contributed by atoms with Gasteiger partial charge in [-0.25, -0.2) is 8.42 Å². The Balaban J connectivity index is 2.21. The largest absolute Gasteiger partial charge is 0.481 e. The van der Waals surface area contributed by atoms with E-state index in [-0.39, 0.29) is 6.42 Å². The molecule has 1 aliphatic heterocycles. The highest BCUT2D eigenvalue weighted by Crippen LogP contribution is 2.30. The van der Waals surface area contributed by atoms with E-state index < -0.39 is 21.9 Å². The highest BCUT2D eigenvalue weighted by Gasteiger charge is 2.21. The van der Waals surface area contributed by atoms with E-state index in [4.69, 9.17) is 9.84 Å². The molecule has 1 aliphatic rings. The molecule has 0 aliphatic carbocycles. The Morgan fingerprint density at radius 1 is 1.47 bits per heavy atom. The van der Waals surface area contributed by atoms with E-state index in [9.17, 15) is 13.2 Å². The summed E-state index contributed by atoms with van der Waals surface area (Å²) in [7, 11) is -3.43. The highest BCUT2D eigenvalue weighted by molar-refractivity contribution is 7.92. The summed E-state index contributed by atoms with van der Waals surface area (Å²) < 4.78 is 29.9. The van der Waals surface area contributed by atoms with E-state index in [0.717, 1.165) is 5.56 Å². The van der Waals surface area contributed by atoms with Crippen molar-refractivity contribution in [3.63, 3.8) is 0 Å².